The highest BCUT2D eigenvalue weighted by Crippen LogP contribution is 2.30. The van der Waals surface area contributed by atoms with Gasteiger partial charge in [0.25, 0.3) is 0 Å². The third-order valence-corrected chi connectivity index (χ3v) is 3.54. The van der Waals surface area contributed by atoms with Gasteiger partial charge >= 0.3 is 5.97 Å². The van der Waals surface area contributed by atoms with Gasteiger partial charge in [0, 0.05) is 16.6 Å². The van der Waals surface area contributed by atoms with Crippen molar-refractivity contribution in [2.75, 3.05) is 0 Å². The van der Waals surface area contributed by atoms with E-state index in [9.17, 15) is 4.79 Å². The van der Waals surface area contributed by atoms with Crippen LogP contribution in [0.2, 0.25) is 5.02 Å². The minimum Gasteiger partial charge on any atom is -0.480 e. The molecule has 1 aromatic carbocycles. The van der Waals surface area contributed by atoms with Gasteiger partial charge in [0.15, 0.2) is 0 Å². The summed E-state index contributed by atoms with van der Waals surface area (Å²) >= 11 is 6.12. The standard InChI is InChI=1S/C14H16ClNO2/c1-3-4-10-7-16(8-13(17)18)14-9(2)12(15)6-5-11(10)14/h5-7H,3-4,8H2,1-2H3,(H,17,18). The monoisotopic (exact) mass is 265 g/mol. The van der Waals surface area contributed by atoms with Crippen molar-refractivity contribution < 1.29 is 9.90 Å². The lowest BCUT2D eigenvalue weighted by Crippen LogP contribution is -2.08. The highest BCUT2D eigenvalue weighted by molar-refractivity contribution is 6.32. The van der Waals surface area contributed by atoms with Crippen LogP contribution in [0.25, 0.3) is 10.9 Å². The summed E-state index contributed by atoms with van der Waals surface area (Å²) in [7, 11) is 0. The van der Waals surface area contributed by atoms with Gasteiger partial charge in [-0.3, -0.25) is 4.79 Å². The highest BCUT2D eigenvalue weighted by atomic mass is 35.5. The summed E-state index contributed by atoms with van der Waals surface area (Å²) in [5.74, 6) is -0.839. The van der Waals surface area contributed by atoms with Crippen molar-refractivity contribution in [3.8, 4) is 0 Å². The molecule has 3 nitrogen and oxygen atoms in total. The van der Waals surface area contributed by atoms with Crippen LogP contribution in [0.3, 0.4) is 0 Å². The van der Waals surface area contributed by atoms with E-state index >= 15 is 0 Å². The molecule has 0 saturated carbocycles. The summed E-state index contributed by atoms with van der Waals surface area (Å²) in [5.41, 5.74) is 3.07. The Bertz CT molecular complexity index is 601. The molecule has 2 rings (SSSR count). The number of carboxylic acids is 1. The molecular formula is C14H16ClNO2. The topological polar surface area (TPSA) is 42.2 Å². The molecule has 0 fully saturated rings. The van der Waals surface area contributed by atoms with E-state index in [-0.39, 0.29) is 6.54 Å². The van der Waals surface area contributed by atoms with Gasteiger partial charge in [-0.1, -0.05) is 31.0 Å². The molecule has 18 heavy (non-hydrogen) atoms. The van der Waals surface area contributed by atoms with Gasteiger partial charge in [0.1, 0.15) is 6.54 Å². The minimum absolute atomic E-state index is 0.0264. The quantitative estimate of drug-likeness (QED) is 0.917. The average Bonchev–Trinajstić information content (AvgIpc) is 2.62. The van der Waals surface area contributed by atoms with E-state index in [1.165, 1.54) is 5.56 Å². The number of nitrogens with zero attached hydrogens (tertiary/aromatic N) is 1. The van der Waals surface area contributed by atoms with Crippen LogP contribution in [0, 0.1) is 6.92 Å². The summed E-state index contributed by atoms with van der Waals surface area (Å²) in [4.78, 5) is 10.9. The lowest BCUT2D eigenvalue weighted by molar-refractivity contribution is -0.137. The van der Waals surface area contributed by atoms with E-state index < -0.39 is 5.97 Å². The molecule has 0 bridgehead atoms. The smallest absolute Gasteiger partial charge is 0.323 e. The fourth-order valence-corrected chi connectivity index (χ4v) is 2.52. The lowest BCUT2D eigenvalue weighted by Gasteiger charge is -2.05. The van der Waals surface area contributed by atoms with Crippen molar-refractivity contribution in [2.45, 2.75) is 33.2 Å². The molecule has 0 aliphatic heterocycles. The molecule has 1 heterocycles. The van der Waals surface area contributed by atoms with Crippen LogP contribution in [0.1, 0.15) is 24.5 Å². The maximum Gasteiger partial charge on any atom is 0.323 e. The van der Waals surface area contributed by atoms with Gasteiger partial charge < -0.3 is 9.67 Å². The van der Waals surface area contributed by atoms with Crippen molar-refractivity contribution in [3.63, 3.8) is 0 Å². The fraction of sp³-hybridized carbons (Fsp3) is 0.357. The largest absolute Gasteiger partial charge is 0.480 e. The molecule has 0 spiro atoms. The molecule has 0 radical (unpaired) electrons. The summed E-state index contributed by atoms with van der Waals surface area (Å²) in [6.07, 6.45) is 3.92. The number of aromatic nitrogens is 1. The summed E-state index contributed by atoms with van der Waals surface area (Å²) in [6.45, 7) is 4.02. The number of rotatable bonds is 4. The van der Waals surface area contributed by atoms with Gasteiger partial charge in [0.05, 0.1) is 5.52 Å². The first-order valence-corrected chi connectivity index (χ1v) is 6.41. The Balaban J connectivity index is 2.68. The van der Waals surface area contributed by atoms with Crippen LogP contribution in [0.5, 0.6) is 0 Å². The molecule has 2 aromatic rings. The summed E-state index contributed by atoms with van der Waals surface area (Å²) in [6, 6.07) is 3.86. The number of carboxylic acid groups (broad SMARTS) is 1. The van der Waals surface area contributed by atoms with Crippen LogP contribution in [0.4, 0.5) is 0 Å². The first kappa shape index (κ1) is 13.0. The normalized spacial score (nSPS) is 11.1. The van der Waals surface area contributed by atoms with Crippen LogP contribution in [-0.2, 0) is 17.8 Å². The second kappa shape index (κ2) is 5.02. The SMILES string of the molecule is CCCc1cn(CC(=O)O)c2c(C)c(Cl)ccc12. The second-order valence-electron chi connectivity index (χ2n) is 4.49. The predicted molar refractivity (Wildman–Crippen MR) is 73.3 cm³/mol. The first-order valence-electron chi connectivity index (χ1n) is 6.03. The Hall–Kier alpha value is -1.48. The van der Waals surface area contributed by atoms with E-state index in [1.54, 1.807) is 4.57 Å². The zero-order valence-electron chi connectivity index (χ0n) is 10.5. The Morgan fingerprint density at radius 2 is 2.17 bits per heavy atom. The van der Waals surface area contributed by atoms with E-state index in [0.29, 0.717) is 5.02 Å². The number of benzene rings is 1. The van der Waals surface area contributed by atoms with Crippen LogP contribution in [0.15, 0.2) is 18.3 Å². The number of halogens is 1. The van der Waals surface area contributed by atoms with Crippen molar-refractivity contribution in [1.82, 2.24) is 4.57 Å². The van der Waals surface area contributed by atoms with Crippen LogP contribution >= 0.6 is 11.6 Å². The molecule has 0 amide bonds. The summed E-state index contributed by atoms with van der Waals surface area (Å²) < 4.78 is 1.78. The van der Waals surface area contributed by atoms with Crippen LogP contribution in [-0.4, -0.2) is 15.6 Å². The molecule has 0 unspecified atom stereocenters. The number of hydrogen-bond donors (Lipinski definition) is 1. The maximum absolute atomic E-state index is 10.9. The zero-order chi connectivity index (χ0) is 13.3. The number of hydrogen-bond acceptors (Lipinski definition) is 1. The van der Waals surface area contributed by atoms with Crippen LogP contribution < -0.4 is 0 Å². The van der Waals surface area contributed by atoms with E-state index in [2.05, 4.69) is 6.92 Å². The van der Waals surface area contributed by atoms with Gasteiger partial charge in [-0.2, -0.15) is 0 Å². The fourth-order valence-electron chi connectivity index (χ4n) is 2.37. The average molecular weight is 266 g/mol. The zero-order valence-corrected chi connectivity index (χ0v) is 11.3. The second-order valence-corrected chi connectivity index (χ2v) is 4.90. The van der Waals surface area contributed by atoms with Crippen molar-refractivity contribution in [2.24, 2.45) is 0 Å². The Labute approximate surface area is 111 Å². The van der Waals surface area contributed by atoms with Crippen molar-refractivity contribution in [3.05, 3.63) is 34.5 Å². The molecule has 0 aliphatic carbocycles. The first-order chi connectivity index (χ1) is 8.54. The molecule has 1 aromatic heterocycles. The number of fused-ring (bicyclic) bond motifs is 1. The maximum atomic E-state index is 10.9. The van der Waals surface area contributed by atoms with Crippen molar-refractivity contribution in [1.29, 1.82) is 0 Å². The van der Waals surface area contributed by atoms with Gasteiger partial charge in [0.2, 0.25) is 0 Å². The molecule has 0 atom stereocenters. The van der Waals surface area contributed by atoms with Crippen molar-refractivity contribution >= 4 is 28.5 Å². The Kier molecular flexibility index (Phi) is 3.62. The molecule has 4 heteroatoms. The number of carbonyl (C=O) groups is 1. The number of aliphatic carboxylic acids is 1. The third kappa shape index (κ3) is 2.23. The Morgan fingerprint density at radius 1 is 1.44 bits per heavy atom. The molecule has 96 valence electrons. The molecule has 0 aliphatic rings. The predicted octanol–water partition coefficient (Wildman–Crippen LogP) is 3.64. The van der Waals surface area contributed by atoms with E-state index in [0.717, 1.165) is 29.3 Å². The molecular weight excluding hydrogens is 250 g/mol. The third-order valence-electron chi connectivity index (χ3n) is 3.13. The van der Waals surface area contributed by atoms with E-state index in [1.807, 2.05) is 25.3 Å². The highest BCUT2D eigenvalue weighted by Gasteiger charge is 2.13. The molecule has 1 N–H and O–H groups in total. The number of aryl methyl sites for hydroxylation is 2. The van der Waals surface area contributed by atoms with E-state index in [4.69, 9.17) is 16.7 Å². The summed E-state index contributed by atoms with van der Waals surface area (Å²) in [5, 5.41) is 10.8. The van der Waals surface area contributed by atoms with Gasteiger partial charge in [-0.05, 0) is 30.5 Å². The minimum atomic E-state index is -0.839. The van der Waals surface area contributed by atoms with Gasteiger partial charge in [-0.15, -0.1) is 0 Å². The molecule has 0 saturated heterocycles. The van der Waals surface area contributed by atoms with Gasteiger partial charge in [-0.25, -0.2) is 0 Å². The lowest BCUT2D eigenvalue weighted by atomic mass is 10.1. The Morgan fingerprint density at radius 3 is 2.78 bits per heavy atom.